The molecule has 0 unspecified atom stereocenters. The van der Waals surface area contributed by atoms with Crippen LogP contribution < -0.4 is 4.74 Å². The number of aryl methyl sites for hydroxylation is 1. The second-order valence-corrected chi connectivity index (χ2v) is 6.80. The highest BCUT2D eigenvalue weighted by atomic mass is 16.6. The summed E-state index contributed by atoms with van der Waals surface area (Å²) in [5, 5.41) is 10.6. The molecule has 0 fully saturated rings. The maximum Gasteiger partial charge on any atom is 0.286 e. The summed E-state index contributed by atoms with van der Waals surface area (Å²) in [6, 6.07) is 15.9. The van der Waals surface area contributed by atoms with Gasteiger partial charge >= 0.3 is 0 Å². The van der Waals surface area contributed by atoms with Crippen LogP contribution in [0.3, 0.4) is 0 Å². The summed E-state index contributed by atoms with van der Waals surface area (Å²) in [7, 11) is 0. The summed E-state index contributed by atoms with van der Waals surface area (Å²) < 4.78 is 5.87. The van der Waals surface area contributed by atoms with Crippen LogP contribution in [0.25, 0.3) is 5.57 Å². The van der Waals surface area contributed by atoms with E-state index in [-0.39, 0.29) is 11.4 Å². The second-order valence-electron chi connectivity index (χ2n) is 6.80. The smallest absolute Gasteiger partial charge is 0.286 e. The van der Waals surface area contributed by atoms with E-state index in [2.05, 4.69) is 20.8 Å². The van der Waals surface area contributed by atoms with Gasteiger partial charge in [-0.25, -0.2) is 0 Å². The number of aliphatic hydroxyl groups excluding tert-OH is 1. The van der Waals surface area contributed by atoms with Gasteiger partial charge < -0.3 is 9.84 Å². The third-order valence-corrected chi connectivity index (χ3v) is 3.98. The SMILES string of the molecule is CC/C(=C(/O)Oc1ccccc1C(C)(C)C)c1ccccc1C. The molecular weight excluding hydrogens is 284 g/mol. The molecule has 0 aliphatic heterocycles. The van der Waals surface area contributed by atoms with Crippen molar-refractivity contribution in [3.63, 3.8) is 0 Å². The van der Waals surface area contributed by atoms with E-state index >= 15 is 0 Å². The standard InChI is InChI=1S/C21H26O2/c1-6-16(17-12-8-7-11-15(17)2)20(22)23-19-14-10-9-13-18(19)21(3,4)5/h7-14,22H,6H2,1-5H3/b20-16+. The molecule has 122 valence electrons. The fraction of sp³-hybridized carbons (Fsp3) is 0.333. The van der Waals surface area contributed by atoms with Crippen molar-refractivity contribution in [1.82, 2.24) is 0 Å². The van der Waals surface area contributed by atoms with Crippen LogP contribution in [-0.4, -0.2) is 5.11 Å². The van der Waals surface area contributed by atoms with Gasteiger partial charge in [0.05, 0.1) is 0 Å². The molecule has 0 spiro atoms. The van der Waals surface area contributed by atoms with Crippen LogP contribution in [-0.2, 0) is 5.41 Å². The van der Waals surface area contributed by atoms with Crippen molar-refractivity contribution in [3.05, 3.63) is 71.2 Å². The molecule has 0 aliphatic carbocycles. The Labute approximate surface area is 139 Å². The average molecular weight is 310 g/mol. The normalized spacial score (nSPS) is 12.7. The lowest BCUT2D eigenvalue weighted by atomic mass is 9.86. The highest BCUT2D eigenvalue weighted by Gasteiger charge is 2.20. The fourth-order valence-electron chi connectivity index (χ4n) is 2.71. The second kappa shape index (κ2) is 6.91. The maximum absolute atomic E-state index is 10.6. The Hall–Kier alpha value is -2.22. The summed E-state index contributed by atoms with van der Waals surface area (Å²) >= 11 is 0. The van der Waals surface area contributed by atoms with E-state index in [0.29, 0.717) is 12.2 Å². The Kier molecular flexibility index (Phi) is 5.15. The first-order valence-corrected chi connectivity index (χ1v) is 8.10. The molecule has 2 aromatic rings. The Bertz CT molecular complexity index is 706. The van der Waals surface area contributed by atoms with Crippen LogP contribution in [0.2, 0.25) is 0 Å². The van der Waals surface area contributed by atoms with E-state index in [1.807, 2.05) is 62.4 Å². The van der Waals surface area contributed by atoms with Crippen molar-refractivity contribution >= 4 is 5.57 Å². The summed E-state index contributed by atoms with van der Waals surface area (Å²) in [4.78, 5) is 0. The molecule has 0 atom stereocenters. The molecule has 0 amide bonds. The van der Waals surface area contributed by atoms with Crippen LogP contribution in [0.4, 0.5) is 0 Å². The number of aliphatic hydroxyl groups is 1. The molecule has 0 aromatic heterocycles. The Morgan fingerprint density at radius 2 is 1.61 bits per heavy atom. The van der Waals surface area contributed by atoms with Crippen LogP contribution in [0.5, 0.6) is 5.75 Å². The zero-order valence-corrected chi connectivity index (χ0v) is 14.7. The van der Waals surface area contributed by atoms with Crippen LogP contribution in [0.15, 0.2) is 54.5 Å². The lowest BCUT2D eigenvalue weighted by Gasteiger charge is -2.22. The Morgan fingerprint density at radius 1 is 1.00 bits per heavy atom. The van der Waals surface area contributed by atoms with Gasteiger partial charge in [-0.05, 0) is 36.0 Å². The van der Waals surface area contributed by atoms with Crippen molar-refractivity contribution in [2.24, 2.45) is 0 Å². The van der Waals surface area contributed by atoms with Gasteiger partial charge in [-0.2, -0.15) is 0 Å². The predicted molar refractivity (Wildman–Crippen MR) is 96.8 cm³/mol. The molecule has 0 radical (unpaired) electrons. The van der Waals surface area contributed by atoms with Crippen LogP contribution >= 0.6 is 0 Å². The summed E-state index contributed by atoms with van der Waals surface area (Å²) in [5.74, 6) is 0.690. The van der Waals surface area contributed by atoms with Crippen LogP contribution in [0.1, 0.15) is 50.8 Å². The molecule has 0 saturated heterocycles. The monoisotopic (exact) mass is 310 g/mol. The van der Waals surface area contributed by atoms with Gasteiger partial charge in [0.15, 0.2) is 0 Å². The predicted octanol–water partition coefficient (Wildman–Crippen LogP) is 6.01. The van der Waals surface area contributed by atoms with Crippen molar-refractivity contribution in [1.29, 1.82) is 0 Å². The third kappa shape index (κ3) is 3.95. The topological polar surface area (TPSA) is 29.5 Å². The van der Waals surface area contributed by atoms with E-state index in [9.17, 15) is 5.11 Å². The van der Waals surface area contributed by atoms with Crippen LogP contribution in [0, 0.1) is 6.92 Å². The van der Waals surface area contributed by atoms with Gasteiger partial charge in [-0.3, -0.25) is 0 Å². The van der Waals surface area contributed by atoms with Crippen molar-refractivity contribution in [2.45, 2.75) is 46.5 Å². The van der Waals surface area contributed by atoms with Crippen molar-refractivity contribution in [3.8, 4) is 5.75 Å². The molecule has 2 rings (SSSR count). The average Bonchev–Trinajstić information content (AvgIpc) is 2.49. The first kappa shape index (κ1) is 17.1. The minimum absolute atomic E-state index is 0.0153. The molecule has 2 heteroatoms. The third-order valence-electron chi connectivity index (χ3n) is 3.98. The molecular formula is C21H26O2. The number of hydrogen-bond acceptors (Lipinski definition) is 2. The first-order valence-electron chi connectivity index (χ1n) is 8.10. The van der Waals surface area contributed by atoms with Gasteiger partial charge in [0, 0.05) is 11.1 Å². The fourth-order valence-corrected chi connectivity index (χ4v) is 2.71. The van der Waals surface area contributed by atoms with E-state index < -0.39 is 0 Å². The number of rotatable bonds is 4. The van der Waals surface area contributed by atoms with Gasteiger partial charge in [-0.1, -0.05) is 70.2 Å². The Morgan fingerprint density at radius 3 is 2.22 bits per heavy atom. The number of para-hydroxylation sites is 1. The quantitative estimate of drug-likeness (QED) is 0.701. The summed E-state index contributed by atoms with van der Waals surface area (Å²) in [6.45, 7) is 10.5. The zero-order chi connectivity index (χ0) is 17.0. The van der Waals surface area contributed by atoms with Gasteiger partial charge in [-0.15, -0.1) is 0 Å². The lowest BCUT2D eigenvalue weighted by molar-refractivity contribution is 0.207. The largest absolute Gasteiger partial charge is 0.480 e. The minimum Gasteiger partial charge on any atom is -0.480 e. The Balaban J connectivity index is 2.45. The highest BCUT2D eigenvalue weighted by Crippen LogP contribution is 2.33. The number of benzene rings is 2. The maximum atomic E-state index is 10.6. The van der Waals surface area contributed by atoms with Gasteiger partial charge in [0.1, 0.15) is 5.75 Å². The van der Waals surface area contributed by atoms with E-state index in [4.69, 9.17) is 4.74 Å². The number of allylic oxidation sites excluding steroid dienone is 1. The molecule has 1 N–H and O–H groups in total. The molecule has 2 aromatic carbocycles. The van der Waals surface area contributed by atoms with Crippen molar-refractivity contribution in [2.75, 3.05) is 0 Å². The molecule has 0 heterocycles. The minimum atomic E-state index is -0.0497. The lowest BCUT2D eigenvalue weighted by Crippen LogP contribution is -2.13. The molecule has 2 nitrogen and oxygen atoms in total. The van der Waals surface area contributed by atoms with Gasteiger partial charge in [0.25, 0.3) is 5.95 Å². The van der Waals surface area contributed by atoms with E-state index in [1.165, 1.54) is 0 Å². The number of ether oxygens (including phenoxy) is 1. The molecule has 23 heavy (non-hydrogen) atoms. The molecule has 0 bridgehead atoms. The number of hydrogen-bond donors (Lipinski definition) is 1. The molecule has 0 saturated carbocycles. The summed E-state index contributed by atoms with van der Waals surface area (Å²) in [6.07, 6.45) is 0.703. The first-order chi connectivity index (χ1) is 10.8. The summed E-state index contributed by atoms with van der Waals surface area (Å²) in [5.41, 5.74) is 4.01. The molecule has 0 aliphatic rings. The van der Waals surface area contributed by atoms with Crippen molar-refractivity contribution < 1.29 is 9.84 Å². The van der Waals surface area contributed by atoms with E-state index in [0.717, 1.165) is 22.3 Å². The van der Waals surface area contributed by atoms with E-state index in [1.54, 1.807) is 0 Å². The zero-order valence-electron chi connectivity index (χ0n) is 14.7. The van der Waals surface area contributed by atoms with Gasteiger partial charge in [0.2, 0.25) is 0 Å². The highest BCUT2D eigenvalue weighted by molar-refractivity contribution is 5.69.